The van der Waals surface area contributed by atoms with Gasteiger partial charge in [-0.3, -0.25) is 14.4 Å². The van der Waals surface area contributed by atoms with Crippen molar-refractivity contribution < 1.29 is 28.6 Å². The maximum Gasteiger partial charge on any atom is 0.306 e. The molecule has 0 saturated carbocycles. The molecule has 81 heavy (non-hydrogen) atoms. The van der Waals surface area contributed by atoms with Crippen molar-refractivity contribution in [2.45, 2.75) is 374 Å². The van der Waals surface area contributed by atoms with Crippen molar-refractivity contribution in [3.8, 4) is 0 Å². The summed E-state index contributed by atoms with van der Waals surface area (Å²) >= 11 is 0. The smallest absolute Gasteiger partial charge is 0.306 e. The van der Waals surface area contributed by atoms with Crippen LogP contribution < -0.4 is 0 Å². The number of hydrogen-bond acceptors (Lipinski definition) is 6. The van der Waals surface area contributed by atoms with Crippen LogP contribution >= 0.6 is 0 Å². The van der Waals surface area contributed by atoms with Gasteiger partial charge in [0.15, 0.2) is 6.10 Å². The Morgan fingerprint density at radius 3 is 0.765 bits per heavy atom. The molecule has 0 N–H and O–H groups in total. The average molecular weight is 1130 g/mol. The molecule has 6 heteroatoms. The highest BCUT2D eigenvalue weighted by Crippen LogP contribution is 2.18. The molecule has 0 radical (unpaired) electrons. The lowest BCUT2D eigenvalue weighted by Gasteiger charge is -2.18. The average Bonchev–Trinajstić information content (AvgIpc) is 3.47. The summed E-state index contributed by atoms with van der Waals surface area (Å²) in [5.41, 5.74) is 0. The fourth-order valence-corrected chi connectivity index (χ4v) is 10.4. The van der Waals surface area contributed by atoms with Crippen molar-refractivity contribution >= 4 is 17.9 Å². The van der Waals surface area contributed by atoms with E-state index in [1.54, 1.807) is 0 Å². The minimum absolute atomic E-state index is 0.0766. The van der Waals surface area contributed by atoms with Crippen molar-refractivity contribution in [3.05, 3.63) is 72.9 Å². The Balaban J connectivity index is 4.30. The van der Waals surface area contributed by atoms with Gasteiger partial charge in [-0.15, -0.1) is 0 Å². The van der Waals surface area contributed by atoms with Crippen LogP contribution in [-0.4, -0.2) is 37.2 Å². The van der Waals surface area contributed by atoms with Gasteiger partial charge in [0.25, 0.3) is 0 Å². The minimum atomic E-state index is -0.782. The Kier molecular flexibility index (Phi) is 66.6. The SMILES string of the molecule is CC/C=C\C/C=C\C/C=C\CCCCCCCCCC(=O)OCC(COC(=O)CCCCCCCCCCCCCCCCC/C=C\C/C=C\CCCCCCC)OC(=O)CCCCCCCCCCC/C=C\CCCCCCCC. The second-order valence-electron chi connectivity index (χ2n) is 23.8. The van der Waals surface area contributed by atoms with E-state index >= 15 is 0 Å². The third kappa shape index (κ3) is 67.5. The lowest BCUT2D eigenvalue weighted by molar-refractivity contribution is -0.167. The molecule has 0 fully saturated rings. The largest absolute Gasteiger partial charge is 0.462 e. The first-order chi connectivity index (χ1) is 40.0. The van der Waals surface area contributed by atoms with Crippen LogP contribution in [0.15, 0.2) is 72.9 Å². The number of rotatable bonds is 65. The summed E-state index contributed by atoms with van der Waals surface area (Å²) in [5, 5.41) is 0. The quantitative estimate of drug-likeness (QED) is 0.0261. The van der Waals surface area contributed by atoms with Crippen molar-refractivity contribution in [2.24, 2.45) is 0 Å². The topological polar surface area (TPSA) is 78.9 Å². The van der Waals surface area contributed by atoms with Gasteiger partial charge in [-0.2, -0.15) is 0 Å². The molecular weight excluding hydrogens is 997 g/mol. The number of allylic oxidation sites excluding steroid dienone is 12. The van der Waals surface area contributed by atoms with E-state index in [1.807, 2.05) is 0 Å². The summed E-state index contributed by atoms with van der Waals surface area (Å²) in [4.78, 5) is 38.5. The first-order valence-corrected chi connectivity index (χ1v) is 35.4. The van der Waals surface area contributed by atoms with Gasteiger partial charge in [0, 0.05) is 19.3 Å². The van der Waals surface area contributed by atoms with Crippen LogP contribution in [0, 0.1) is 0 Å². The van der Waals surface area contributed by atoms with E-state index in [0.717, 1.165) is 89.9 Å². The molecule has 0 aromatic rings. The normalized spacial score (nSPS) is 12.5. The molecule has 0 aliphatic carbocycles. The van der Waals surface area contributed by atoms with Crippen LogP contribution in [0.2, 0.25) is 0 Å². The number of carbonyl (C=O) groups is 3. The Morgan fingerprint density at radius 1 is 0.259 bits per heavy atom. The molecule has 0 aliphatic heterocycles. The molecule has 0 amide bonds. The van der Waals surface area contributed by atoms with Crippen molar-refractivity contribution in [3.63, 3.8) is 0 Å². The highest BCUT2D eigenvalue weighted by Gasteiger charge is 2.19. The lowest BCUT2D eigenvalue weighted by Crippen LogP contribution is -2.30. The van der Waals surface area contributed by atoms with Crippen LogP contribution in [0.4, 0.5) is 0 Å². The summed E-state index contributed by atoms with van der Waals surface area (Å²) in [6.45, 7) is 6.56. The van der Waals surface area contributed by atoms with Crippen LogP contribution in [-0.2, 0) is 28.6 Å². The van der Waals surface area contributed by atoms with Gasteiger partial charge in [-0.25, -0.2) is 0 Å². The highest BCUT2D eigenvalue weighted by atomic mass is 16.6. The van der Waals surface area contributed by atoms with Crippen LogP contribution in [0.5, 0.6) is 0 Å². The predicted molar refractivity (Wildman–Crippen MR) is 353 cm³/mol. The number of unbranched alkanes of at least 4 members (excludes halogenated alkanes) is 42. The molecule has 6 nitrogen and oxygen atoms in total. The Labute approximate surface area is 503 Å². The van der Waals surface area contributed by atoms with Crippen LogP contribution in [0.25, 0.3) is 0 Å². The maximum atomic E-state index is 13.0. The van der Waals surface area contributed by atoms with Gasteiger partial charge in [-0.05, 0) is 109 Å². The molecule has 0 aromatic carbocycles. The first kappa shape index (κ1) is 77.9. The monoisotopic (exact) mass is 1130 g/mol. The molecule has 0 rings (SSSR count). The third-order valence-corrected chi connectivity index (χ3v) is 15.7. The molecule has 0 saturated heterocycles. The van der Waals surface area contributed by atoms with Gasteiger partial charge in [0.05, 0.1) is 0 Å². The molecule has 0 bridgehead atoms. The summed E-state index contributed by atoms with van der Waals surface area (Å²) in [6, 6.07) is 0. The number of ether oxygens (including phenoxy) is 3. The molecule has 0 aliphatic rings. The Morgan fingerprint density at radius 2 is 0.481 bits per heavy atom. The van der Waals surface area contributed by atoms with Crippen LogP contribution in [0.1, 0.15) is 367 Å². The van der Waals surface area contributed by atoms with Crippen molar-refractivity contribution in [1.29, 1.82) is 0 Å². The van der Waals surface area contributed by atoms with Crippen LogP contribution in [0.3, 0.4) is 0 Å². The maximum absolute atomic E-state index is 13.0. The Hall–Kier alpha value is -3.15. The molecule has 470 valence electrons. The van der Waals surface area contributed by atoms with Gasteiger partial charge in [-0.1, -0.05) is 312 Å². The fourth-order valence-electron chi connectivity index (χ4n) is 10.4. The predicted octanol–water partition coefficient (Wildman–Crippen LogP) is 24.4. The van der Waals surface area contributed by atoms with Crippen molar-refractivity contribution in [1.82, 2.24) is 0 Å². The van der Waals surface area contributed by atoms with E-state index in [4.69, 9.17) is 14.2 Å². The van der Waals surface area contributed by atoms with E-state index in [1.165, 1.54) is 238 Å². The number of hydrogen-bond donors (Lipinski definition) is 0. The molecule has 1 atom stereocenters. The highest BCUT2D eigenvalue weighted by molar-refractivity contribution is 5.71. The number of carbonyl (C=O) groups excluding carboxylic acids is 3. The molecular formula is C75H134O6. The minimum Gasteiger partial charge on any atom is -0.462 e. The molecule has 0 spiro atoms. The number of esters is 3. The Bertz CT molecular complexity index is 1490. The zero-order valence-electron chi connectivity index (χ0n) is 54.1. The second kappa shape index (κ2) is 69.3. The summed E-state index contributed by atoms with van der Waals surface area (Å²) in [5.74, 6) is -0.868. The zero-order valence-corrected chi connectivity index (χ0v) is 54.1. The fraction of sp³-hybridized carbons (Fsp3) is 0.800. The van der Waals surface area contributed by atoms with Gasteiger partial charge in [0.1, 0.15) is 13.2 Å². The summed E-state index contributed by atoms with van der Waals surface area (Å²) in [7, 11) is 0. The standard InChI is InChI=1S/C75H134O6/c1-4-7-10-13-16-19-22-25-28-31-33-34-35-36-37-38-39-40-42-44-47-50-53-56-59-62-65-68-74(77)80-71-72(70-79-73(76)67-64-61-58-55-52-49-46-43-30-27-24-21-18-15-12-9-6-3)81-75(78)69-66-63-60-57-54-51-48-45-41-32-29-26-23-20-17-14-11-8-5-2/h9,12,18,21-22,25-27,29-31,33,72H,4-8,10-11,13-17,19-20,23-24,28,32,34-71H2,1-3H3/b12-9-,21-18-,25-22-,29-26-,30-27-,33-31-. The summed E-state index contributed by atoms with van der Waals surface area (Å²) < 4.78 is 17.0. The van der Waals surface area contributed by atoms with Crippen molar-refractivity contribution in [2.75, 3.05) is 13.2 Å². The van der Waals surface area contributed by atoms with Gasteiger partial charge < -0.3 is 14.2 Å². The van der Waals surface area contributed by atoms with E-state index in [-0.39, 0.29) is 31.1 Å². The molecule has 0 aromatic heterocycles. The van der Waals surface area contributed by atoms with E-state index in [2.05, 4.69) is 93.7 Å². The second-order valence-corrected chi connectivity index (χ2v) is 23.8. The third-order valence-electron chi connectivity index (χ3n) is 15.7. The molecule has 0 heterocycles. The van der Waals surface area contributed by atoms with E-state index in [0.29, 0.717) is 19.3 Å². The zero-order chi connectivity index (χ0) is 58.5. The van der Waals surface area contributed by atoms with E-state index < -0.39 is 6.10 Å². The molecule has 1 unspecified atom stereocenters. The van der Waals surface area contributed by atoms with Gasteiger partial charge >= 0.3 is 17.9 Å². The first-order valence-electron chi connectivity index (χ1n) is 35.4. The summed E-state index contributed by atoms with van der Waals surface area (Å²) in [6.07, 6.45) is 90.7. The van der Waals surface area contributed by atoms with Gasteiger partial charge in [0.2, 0.25) is 0 Å². The van der Waals surface area contributed by atoms with E-state index in [9.17, 15) is 14.4 Å². The lowest BCUT2D eigenvalue weighted by atomic mass is 10.0.